The van der Waals surface area contributed by atoms with Gasteiger partial charge in [0.15, 0.2) is 6.61 Å². The summed E-state index contributed by atoms with van der Waals surface area (Å²) in [6.07, 6.45) is 7.14. The molecule has 1 amide bonds. The molecule has 1 N–H and O–H groups in total. The lowest BCUT2D eigenvalue weighted by molar-refractivity contribution is -0.140. The van der Waals surface area contributed by atoms with E-state index in [-0.39, 0.29) is 36.9 Å². The molecule has 1 saturated carbocycles. The van der Waals surface area contributed by atoms with Crippen LogP contribution in [0.4, 0.5) is 0 Å². The summed E-state index contributed by atoms with van der Waals surface area (Å²) in [6.45, 7) is 1.96. The van der Waals surface area contributed by atoms with Gasteiger partial charge in [0, 0.05) is 17.0 Å². The van der Waals surface area contributed by atoms with Gasteiger partial charge < -0.3 is 14.8 Å². The van der Waals surface area contributed by atoms with Crippen LogP contribution in [0.1, 0.15) is 67.6 Å². The summed E-state index contributed by atoms with van der Waals surface area (Å²) in [7, 11) is 1.40. The van der Waals surface area contributed by atoms with E-state index >= 15 is 0 Å². The molecule has 4 rings (SSSR count). The van der Waals surface area contributed by atoms with Crippen molar-refractivity contribution >= 4 is 34.2 Å². The number of rotatable bonds is 8. The molecule has 1 atom stereocenters. The first kappa shape index (κ1) is 26.0. The lowest BCUT2D eigenvalue weighted by Gasteiger charge is -2.20. The number of carbonyl (C=O) groups is 2. The summed E-state index contributed by atoms with van der Waals surface area (Å²) < 4.78 is 10.8. The number of fused-ring (bicyclic) bond motifs is 1. The molecule has 1 unspecified atom stereocenters. The second-order valence-electron chi connectivity index (χ2n) is 9.60. The molecule has 1 aliphatic rings. The zero-order chi connectivity index (χ0) is 25.5. The van der Waals surface area contributed by atoms with Crippen LogP contribution in [0.25, 0.3) is 10.8 Å². The van der Waals surface area contributed by atoms with Gasteiger partial charge in [0.1, 0.15) is 5.75 Å². The Balaban J connectivity index is 1.53. The Morgan fingerprint density at radius 2 is 1.75 bits per heavy atom. The topological polar surface area (TPSA) is 64.6 Å². The van der Waals surface area contributed by atoms with Crippen molar-refractivity contribution in [3.8, 4) is 5.75 Å². The lowest BCUT2D eigenvalue weighted by atomic mass is 9.85. The smallest absolute Gasteiger partial charge is 0.306 e. The highest BCUT2D eigenvalue weighted by molar-refractivity contribution is 6.31. The maximum Gasteiger partial charge on any atom is 0.306 e. The average Bonchev–Trinajstić information content (AvgIpc) is 3.16. The number of benzene rings is 3. The van der Waals surface area contributed by atoms with Crippen molar-refractivity contribution in [3.63, 3.8) is 0 Å². The predicted octanol–water partition coefficient (Wildman–Crippen LogP) is 6.71. The van der Waals surface area contributed by atoms with E-state index in [2.05, 4.69) is 11.4 Å². The van der Waals surface area contributed by atoms with E-state index in [1.54, 1.807) is 0 Å². The van der Waals surface area contributed by atoms with E-state index in [0.29, 0.717) is 10.8 Å². The van der Waals surface area contributed by atoms with Crippen LogP contribution in [-0.2, 0) is 14.3 Å². The Kier molecular flexibility index (Phi) is 8.87. The first-order valence-electron chi connectivity index (χ1n) is 12.7. The Labute approximate surface area is 218 Å². The number of amides is 1. The quantitative estimate of drug-likeness (QED) is 0.271. The highest BCUT2D eigenvalue weighted by atomic mass is 35.5. The molecule has 0 aromatic heterocycles. The molecular formula is C30H34ClNO4. The van der Waals surface area contributed by atoms with Gasteiger partial charge in [0.25, 0.3) is 5.91 Å². The molecular weight excluding hydrogens is 474 g/mol. The van der Waals surface area contributed by atoms with Crippen molar-refractivity contribution in [2.24, 2.45) is 0 Å². The monoisotopic (exact) mass is 507 g/mol. The normalized spacial score (nSPS) is 15.2. The van der Waals surface area contributed by atoms with Crippen LogP contribution in [0, 0.1) is 6.92 Å². The van der Waals surface area contributed by atoms with Gasteiger partial charge in [-0.15, -0.1) is 0 Å². The molecule has 1 aliphatic carbocycles. The van der Waals surface area contributed by atoms with E-state index in [1.807, 2.05) is 55.5 Å². The maximum absolute atomic E-state index is 12.5. The van der Waals surface area contributed by atoms with Gasteiger partial charge >= 0.3 is 5.97 Å². The SMILES string of the molecule is COC(=O)CC(c1ccc2ccc(OCC(=O)NC3CCCCCC3)cc2c1)c1cccc(Cl)c1C. The Morgan fingerprint density at radius 3 is 2.50 bits per heavy atom. The third-order valence-corrected chi connectivity index (χ3v) is 7.52. The molecule has 3 aromatic rings. The first-order chi connectivity index (χ1) is 17.4. The summed E-state index contributed by atoms with van der Waals surface area (Å²) in [6, 6.07) is 18.0. The van der Waals surface area contributed by atoms with Crippen LogP contribution >= 0.6 is 11.6 Å². The van der Waals surface area contributed by atoms with Crippen molar-refractivity contribution in [1.29, 1.82) is 0 Å². The summed E-state index contributed by atoms with van der Waals surface area (Å²) in [5.74, 6) is 0.0798. The third kappa shape index (κ3) is 6.58. The standard InChI is InChI=1S/C30H34ClNO4/c1-20-26(10-7-11-28(20)31)27(18-30(34)35-2)22-13-12-21-14-15-25(17-23(21)16-22)36-19-29(33)32-24-8-5-3-4-6-9-24/h7,10-17,24,27H,3-6,8-9,18-19H2,1-2H3,(H,32,33). The number of carbonyl (C=O) groups excluding carboxylic acids is 2. The highest BCUT2D eigenvalue weighted by Gasteiger charge is 2.22. The summed E-state index contributed by atoms with van der Waals surface area (Å²) >= 11 is 6.40. The van der Waals surface area contributed by atoms with Crippen molar-refractivity contribution < 1.29 is 19.1 Å². The van der Waals surface area contributed by atoms with Gasteiger partial charge in [-0.05, 0) is 65.4 Å². The van der Waals surface area contributed by atoms with Crippen LogP contribution in [0.15, 0.2) is 54.6 Å². The summed E-state index contributed by atoms with van der Waals surface area (Å²) in [5.41, 5.74) is 2.93. The van der Waals surface area contributed by atoms with Crippen molar-refractivity contribution in [2.45, 2.75) is 63.8 Å². The molecule has 0 aliphatic heterocycles. The largest absolute Gasteiger partial charge is 0.484 e. The van der Waals surface area contributed by atoms with E-state index in [0.717, 1.165) is 40.3 Å². The molecule has 0 saturated heterocycles. The minimum absolute atomic E-state index is 0.00558. The fraction of sp³-hybridized carbons (Fsp3) is 0.400. The number of nitrogens with one attached hydrogen (secondary N) is 1. The van der Waals surface area contributed by atoms with Gasteiger partial charge in [-0.3, -0.25) is 9.59 Å². The summed E-state index contributed by atoms with van der Waals surface area (Å²) in [5, 5.41) is 5.82. The minimum atomic E-state index is -0.281. The molecule has 0 bridgehead atoms. The van der Waals surface area contributed by atoms with Gasteiger partial charge in [-0.25, -0.2) is 0 Å². The van der Waals surface area contributed by atoms with E-state index in [1.165, 1.54) is 32.8 Å². The van der Waals surface area contributed by atoms with Crippen molar-refractivity contribution in [1.82, 2.24) is 5.32 Å². The summed E-state index contributed by atoms with van der Waals surface area (Å²) in [4.78, 5) is 24.7. The first-order valence-corrected chi connectivity index (χ1v) is 13.1. The van der Waals surface area contributed by atoms with Crippen LogP contribution < -0.4 is 10.1 Å². The number of ether oxygens (including phenoxy) is 2. The number of hydrogen-bond donors (Lipinski definition) is 1. The molecule has 36 heavy (non-hydrogen) atoms. The van der Waals surface area contributed by atoms with Crippen LogP contribution in [0.3, 0.4) is 0 Å². The van der Waals surface area contributed by atoms with Crippen molar-refractivity contribution in [2.75, 3.05) is 13.7 Å². The number of esters is 1. The molecule has 0 spiro atoms. The maximum atomic E-state index is 12.5. The lowest BCUT2D eigenvalue weighted by Crippen LogP contribution is -2.37. The molecule has 0 radical (unpaired) electrons. The zero-order valence-corrected chi connectivity index (χ0v) is 21.8. The third-order valence-electron chi connectivity index (χ3n) is 7.11. The Bertz CT molecular complexity index is 1220. The second-order valence-corrected chi connectivity index (χ2v) is 10.0. The number of halogens is 1. The number of hydrogen-bond acceptors (Lipinski definition) is 4. The Hall–Kier alpha value is -3.05. The van der Waals surface area contributed by atoms with Crippen LogP contribution in [-0.4, -0.2) is 31.6 Å². The molecule has 0 heterocycles. The van der Waals surface area contributed by atoms with Gasteiger partial charge in [0.05, 0.1) is 13.5 Å². The van der Waals surface area contributed by atoms with Gasteiger partial charge in [-0.1, -0.05) is 73.7 Å². The average molecular weight is 508 g/mol. The minimum Gasteiger partial charge on any atom is -0.484 e. The van der Waals surface area contributed by atoms with Crippen molar-refractivity contribution in [3.05, 3.63) is 76.3 Å². The zero-order valence-electron chi connectivity index (χ0n) is 21.0. The Morgan fingerprint density at radius 1 is 1.00 bits per heavy atom. The molecule has 5 nitrogen and oxygen atoms in total. The molecule has 190 valence electrons. The predicted molar refractivity (Wildman–Crippen MR) is 144 cm³/mol. The van der Waals surface area contributed by atoms with E-state index < -0.39 is 0 Å². The van der Waals surface area contributed by atoms with Gasteiger partial charge in [0.2, 0.25) is 0 Å². The van der Waals surface area contributed by atoms with Crippen LogP contribution in [0.5, 0.6) is 5.75 Å². The van der Waals surface area contributed by atoms with Crippen LogP contribution in [0.2, 0.25) is 5.02 Å². The second kappa shape index (κ2) is 12.3. The molecule has 1 fully saturated rings. The van der Waals surface area contributed by atoms with Gasteiger partial charge in [-0.2, -0.15) is 0 Å². The fourth-order valence-electron chi connectivity index (χ4n) is 5.05. The van der Waals surface area contributed by atoms with E-state index in [9.17, 15) is 9.59 Å². The van der Waals surface area contributed by atoms with E-state index in [4.69, 9.17) is 21.1 Å². The number of methoxy groups -OCH3 is 1. The highest BCUT2D eigenvalue weighted by Crippen LogP contribution is 2.35. The molecule has 3 aromatic carbocycles. The fourth-order valence-corrected chi connectivity index (χ4v) is 5.23. The molecule has 6 heteroatoms.